The van der Waals surface area contributed by atoms with Crippen molar-refractivity contribution >= 4 is 35.6 Å². The molecular formula is C11H18IN3O2. The SMILES string of the molecule is COc1ccccc1NC(N)=NCC(C)O.I. The summed E-state index contributed by atoms with van der Waals surface area (Å²) in [4.78, 5) is 3.97. The Morgan fingerprint density at radius 3 is 2.76 bits per heavy atom. The summed E-state index contributed by atoms with van der Waals surface area (Å²) in [6, 6.07) is 7.40. The molecule has 96 valence electrons. The Bertz CT molecular complexity index is 369. The highest BCUT2D eigenvalue weighted by atomic mass is 127. The van der Waals surface area contributed by atoms with Gasteiger partial charge in [-0.25, -0.2) is 0 Å². The lowest BCUT2D eigenvalue weighted by molar-refractivity contribution is 0.204. The van der Waals surface area contributed by atoms with Gasteiger partial charge in [0.1, 0.15) is 5.75 Å². The number of benzene rings is 1. The molecule has 17 heavy (non-hydrogen) atoms. The summed E-state index contributed by atoms with van der Waals surface area (Å²) in [7, 11) is 1.59. The fourth-order valence-electron chi connectivity index (χ4n) is 1.16. The fraction of sp³-hybridized carbons (Fsp3) is 0.364. The molecule has 1 unspecified atom stereocenters. The van der Waals surface area contributed by atoms with Crippen LogP contribution >= 0.6 is 24.0 Å². The van der Waals surface area contributed by atoms with Crippen molar-refractivity contribution in [3.8, 4) is 5.75 Å². The number of para-hydroxylation sites is 2. The lowest BCUT2D eigenvalue weighted by Crippen LogP contribution is -2.24. The molecule has 1 rings (SSSR count). The van der Waals surface area contributed by atoms with E-state index in [1.54, 1.807) is 14.0 Å². The molecule has 0 aliphatic heterocycles. The number of halogens is 1. The van der Waals surface area contributed by atoms with Crippen LogP contribution in [0.4, 0.5) is 5.69 Å². The van der Waals surface area contributed by atoms with Crippen LogP contribution in [0.3, 0.4) is 0 Å². The van der Waals surface area contributed by atoms with Crippen LogP contribution in [0.2, 0.25) is 0 Å². The third-order valence-electron chi connectivity index (χ3n) is 1.90. The molecule has 0 bridgehead atoms. The molecule has 0 aromatic heterocycles. The number of aliphatic hydroxyl groups is 1. The highest BCUT2D eigenvalue weighted by Crippen LogP contribution is 2.22. The van der Waals surface area contributed by atoms with E-state index < -0.39 is 6.10 Å². The zero-order chi connectivity index (χ0) is 12.0. The maximum Gasteiger partial charge on any atom is 0.193 e. The number of aliphatic hydroxyl groups excluding tert-OH is 1. The Kier molecular flexibility index (Phi) is 7.64. The smallest absolute Gasteiger partial charge is 0.193 e. The molecule has 0 heterocycles. The molecule has 0 aliphatic carbocycles. The Labute approximate surface area is 118 Å². The lowest BCUT2D eigenvalue weighted by atomic mass is 10.3. The van der Waals surface area contributed by atoms with E-state index in [-0.39, 0.29) is 36.5 Å². The molecule has 0 spiro atoms. The van der Waals surface area contributed by atoms with E-state index in [1.165, 1.54) is 0 Å². The minimum atomic E-state index is -0.502. The second-order valence-corrected chi connectivity index (χ2v) is 3.40. The maximum atomic E-state index is 9.05. The Balaban J connectivity index is 0.00000256. The molecule has 5 nitrogen and oxygen atoms in total. The molecular weight excluding hydrogens is 333 g/mol. The number of nitrogens with one attached hydrogen (secondary N) is 1. The number of hydrogen-bond acceptors (Lipinski definition) is 3. The Morgan fingerprint density at radius 2 is 2.18 bits per heavy atom. The first kappa shape index (κ1) is 16.0. The van der Waals surface area contributed by atoms with Crippen molar-refractivity contribution in [1.82, 2.24) is 0 Å². The van der Waals surface area contributed by atoms with Gasteiger partial charge in [0, 0.05) is 0 Å². The fourth-order valence-corrected chi connectivity index (χ4v) is 1.16. The molecule has 1 aromatic carbocycles. The molecule has 0 saturated carbocycles. The number of ether oxygens (including phenoxy) is 1. The molecule has 0 aliphatic rings. The van der Waals surface area contributed by atoms with Crippen molar-refractivity contribution in [3.63, 3.8) is 0 Å². The standard InChI is InChI=1S/C11H17N3O2.HI/c1-8(15)7-13-11(12)14-9-5-3-4-6-10(9)16-2;/h3-6,8,15H,7H2,1-2H3,(H3,12,13,14);1H. The highest BCUT2D eigenvalue weighted by Gasteiger charge is 2.02. The first-order valence-electron chi connectivity index (χ1n) is 5.01. The second kappa shape index (κ2) is 8.13. The van der Waals surface area contributed by atoms with E-state index in [0.29, 0.717) is 5.75 Å². The molecule has 0 saturated heterocycles. The van der Waals surface area contributed by atoms with Crippen molar-refractivity contribution in [1.29, 1.82) is 0 Å². The number of rotatable bonds is 4. The van der Waals surface area contributed by atoms with Crippen molar-refractivity contribution in [2.24, 2.45) is 10.7 Å². The van der Waals surface area contributed by atoms with E-state index in [9.17, 15) is 0 Å². The van der Waals surface area contributed by atoms with Gasteiger partial charge in [0.2, 0.25) is 0 Å². The van der Waals surface area contributed by atoms with Crippen molar-refractivity contribution < 1.29 is 9.84 Å². The predicted octanol–water partition coefficient (Wildman–Crippen LogP) is 1.42. The molecule has 6 heteroatoms. The van der Waals surface area contributed by atoms with E-state index in [2.05, 4.69) is 10.3 Å². The van der Waals surface area contributed by atoms with Crippen LogP contribution in [0.25, 0.3) is 0 Å². The van der Waals surface area contributed by atoms with Gasteiger partial charge in [0.25, 0.3) is 0 Å². The second-order valence-electron chi connectivity index (χ2n) is 3.40. The van der Waals surface area contributed by atoms with Crippen LogP contribution in [0, 0.1) is 0 Å². The highest BCUT2D eigenvalue weighted by molar-refractivity contribution is 14.0. The number of hydrogen-bond donors (Lipinski definition) is 3. The van der Waals surface area contributed by atoms with Gasteiger partial charge in [0.15, 0.2) is 5.96 Å². The van der Waals surface area contributed by atoms with Gasteiger partial charge in [-0.1, -0.05) is 12.1 Å². The maximum absolute atomic E-state index is 9.05. The van der Waals surface area contributed by atoms with Crippen LogP contribution in [-0.4, -0.2) is 30.8 Å². The molecule has 4 N–H and O–H groups in total. The van der Waals surface area contributed by atoms with E-state index in [1.807, 2.05) is 24.3 Å². The van der Waals surface area contributed by atoms with E-state index in [4.69, 9.17) is 15.6 Å². The Hall–Kier alpha value is -1.02. The number of guanidine groups is 1. The zero-order valence-electron chi connectivity index (χ0n) is 9.88. The summed E-state index contributed by atoms with van der Waals surface area (Å²) in [6.07, 6.45) is -0.502. The van der Waals surface area contributed by atoms with Crippen LogP contribution in [0.5, 0.6) is 5.75 Å². The quantitative estimate of drug-likeness (QED) is 0.436. The number of anilines is 1. The summed E-state index contributed by atoms with van der Waals surface area (Å²) < 4.78 is 5.15. The summed E-state index contributed by atoms with van der Waals surface area (Å²) >= 11 is 0. The number of aliphatic imine (C=N–C) groups is 1. The number of methoxy groups -OCH3 is 1. The number of nitrogens with two attached hydrogens (primary N) is 1. The summed E-state index contributed by atoms with van der Waals surface area (Å²) in [6.45, 7) is 1.92. The van der Waals surface area contributed by atoms with E-state index in [0.717, 1.165) is 5.69 Å². The Morgan fingerprint density at radius 1 is 1.53 bits per heavy atom. The molecule has 0 fully saturated rings. The molecule has 0 radical (unpaired) electrons. The van der Waals surface area contributed by atoms with Crippen LogP contribution in [-0.2, 0) is 0 Å². The van der Waals surface area contributed by atoms with Gasteiger partial charge >= 0.3 is 0 Å². The van der Waals surface area contributed by atoms with Gasteiger partial charge in [0.05, 0.1) is 25.4 Å². The first-order valence-corrected chi connectivity index (χ1v) is 5.01. The molecule has 1 atom stereocenters. The molecule has 0 amide bonds. The van der Waals surface area contributed by atoms with Crippen LogP contribution in [0.15, 0.2) is 29.3 Å². The van der Waals surface area contributed by atoms with Crippen LogP contribution in [0.1, 0.15) is 6.92 Å². The molecule has 1 aromatic rings. The first-order chi connectivity index (χ1) is 7.63. The van der Waals surface area contributed by atoms with Gasteiger partial charge in [-0.2, -0.15) is 0 Å². The lowest BCUT2D eigenvalue weighted by Gasteiger charge is -2.10. The summed E-state index contributed by atoms with van der Waals surface area (Å²) in [5.41, 5.74) is 6.40. The normalized spacial score (nSPS) is 12.5. The average Bonchev–Trinajstić information content (AvgIpc) is 2.27. The van der Waals surface area contributed by atoms with Gasteiger partial charge < -0.3 is 20.9 Å². The van der Waals surface area contributed by atoms with Crippen molar-refractivity contribution in [3.05, 3.63) is 24.3 Å². The minimum absolute atomic E-state index is 0. The third-order valence-corrected chi connectivity index (χ3v) is 1.90. The zero-order valence-corrected chi connectivity index (χ0v) is 12.2. The number of nitrogens with zero attached hydrogens (tertiary/aromatic N) is 1. The van der Waals surface area contributed by atoms with E-state index >= 15 is 0 Å². The van der Waals surface area contributed by atoms with Crippen molar-refractivity contribution in [2.45, 2.75) is 13.0 Å². The topological polar surface area (TPSA) is 79.9 Å². The third kappa shape index (κ3) is 5.73. The summed E-state index contributed by atoms with van der Waals surface area (Å²) in [5.74, 6) is 0.947. The summed E-state index contributed by atoms with van der Waals surface area (Å²) in [5, 5.41) is 12.0. The average molecular weight is 351 g/mol. The minimum Gasteiger partial charge on any atom is -0.495 e. The van der Waals surface area contributed by atoms with Gasteiger partial charge in [-0.3, -0.25) is 4.99 Å². The monoisotopic (exact) mass is 351 g/mol. The largest absolute Gasteiger partial charge is 0.495 e. The van der Waals surface area contributed by atoms with Gasteiger partial charge in [-0.05, 0) is 19.1 Å². The van der Waals surface area contributed by atoms with Gasteiger partial charge in [-0.15, -0.1) is 24.0 Å². The predicted molar refractivity (Wildman–Crippen MR) is 80.2 cm³/mol. The van der Waals surface area contributed by atoms with Crippen LogP contribution < -0.4 is 15.8 Å². The van der Waals surface area contributed by atoms with Crippen molar-refractivity contribution in [2.75, 3.05) is 19.0 Å².